The van der Waals surface area contributed by atoms with Gasteiger partial charge in [0.1, 0.15) is 0 Å². The summed E-state index contributed by atoms with van der Waals surface area (Å²) in [6.45, 7) is 3.84. The fourth-order valence-corrected chi connectivity index (χ4v) is 3.33. The Morgan fingerprint density at radius 1 is 1.38 bits per heavy atom. The number of hydrogen-bond donors (Lipinski definition) is 2. The topological polar surface area (TPSA) is 64.3 Å². The molecule has 0 saturated carbocycles. The fourth-order valence-electron chi connectivity index (χ4n) is 3.33. The first kappa shape index (κ1) is 14.5. The molecule has 1 aromatic rings. The maximum Gasteiger partial charge on any atom is 0.255 e. The largest absolute Gasteiger partial charge is 0.344 e. The molecule has 2 aliphatic heterocycles. The van der Waals surface area contributed by atoms with Crippen LogP contribution >= 0.6 is 0 Å². The molecule has 0 aromatic carbocycles. The van der Waals surface area contributed by atoms with Crippen LogP contribution in [0.15, 0.2) is 4.79 Å². The zero-order valence-corrected chi connectivity index (χ0v) is 13.0. The van der Waals surface area contributed by atoms with E-state index < -0.39 is 0 Å². The van der Waals surface area contributed by atoms with Crippen LogP contribution in [0, 0.1) is 0 Å². The van der Waals surface area contributed by atoms with Gasteiger partial charge in [0.2, 0.25) is 5.95 Å². The molecule has 0 unspecified atom stereocenters. The SMILES string of the molecule is CN(C[C@@H]1CCCN1C)c1nc2c(c(=O)[nH]1)CCNCC2. The number of aromatic amines is 1. The summed E-state index contributed by atoms with van der Waals surface area (Å²) in [5, 5.41) is 3.32. The van der Waals surface area contributed by atoms with E-state index in [0.29, 0.717) is 12.0 Å². The van der Waals surface area contributed by atoms with Crippen LogP contribution in [-0.2, 0) is 12.8 Å². The molecule has 1 atom stereocenters. The van der Waals surface area contributed by atoms with Gasteiger partial charge in [-0.15, -0.1) is 0 Å². The van der Waals surface area contributed by atoms with Crippen molar-refractivity contribution in [1.29, 1.82) is 0 Å². The molecule has 2 aliphatic rings. The maximum absolute atomic E-state index is 12.3. The highest BCUT2D eigenvalue weighted by molar-refractivity contribution is 5.33. The first-order chi connectivity index (χ1) is 10.1. The second-order valence-electron chi connectivity index (χ2n) is 6.22. The van der Waals surface area contributed by atoms with E-state index in [0.717, 1.165) is 50.3 Å². The number of hydrogen-bond acceptors (Lipinski definition) is 5. The first-order valence-corrected chi connectivity index (χ1v) is 7.89. The van der Waals surface area contributed by atoms with Crippen molar-refractivity contribution in [2.45, 2.75) is 31.7 Å². The summed E-state index contributed by atoms with van der Waals surface area (Å²) in [6.07, 6.45) is 4.09. The van der Waals surface area contributed by atoms with Gasteiger partial charge in [-0.25, -0.2) is 4.98 Å². The zero-order chi connectivity index (χ0) is 14.8. The summed E-state index contributed by atoms with van der Waals surface area (Å²) in [6, 6.07) is 0.556. The number of nitrogens with one attached hydrogen (secondary N) is 2. The third-order valence-electron chi connectivity index (χ3n) is 4.70. The summed E-state index contributed by atoms with van der Waals surface area (Å²) in [4.78, 5) is 24.4. The molecular weight excluding hydrogens is 266 g/mol. The lowest BCUT2D eigenvalue weighted by Gasteiger charge is -2.26. The molecule has 1 fully saturated rings. The van der Waals surface area contributed by atoms with Crippen molar-refractivity contribution in [3.63, 3.8) is 0 Å². The number of nitrogens with zero attached hydrogens (tertiary/aromatic N) is 3. The lowest BCUT2D eigenvalue weighted by molar-refractivity contribution is 0.313. The second-order valence-corrected chi connectivity index (χ2v) is 6.22. The van der Waals surface area contributed by atoms with Crippen LogP contribution in [0.25, 0.3) is 0 Å². The van der Waals surface area contributed by atoms with Crippen LogP contribution in [0.2, 0.25) is 0 Å². The molecule has 6 heteroatoms. The third kappa shape index (κ3) is 3.11. The molecule has 0 amide bonds. The highest BCUT2D eigenvalue weighted by Gasteiger charge is 2.23. The lowest BCUT2D eigenvalue weighted by Crippen LogP contribution is -2.38. The minimum atomic E-state index is 0.0327. The van der Waals surface area contributed by atoms with Crippen molar-refractivity contribution < 1.29 is 0 Å². The van der Waals surface area contributed by atoms with Crippen molar-refractivity contribution in [3.8, 4) is 0 Å². The summed E-state index contributed by atoms with van der Waals surface area (Å²) in [7, 11) is 4.19. The van der Waals surface area contributed by atoms with Gasteiger partial charge in [-0.3, -0.25) is 9.78 Å². The predicted molar refractivity (Wildman–Crippen MR) is 84.1 cm³/mol. The Morgan fingerprint density at radius 2 is 2.19 bits per heavy atom. The molecular formula is C15H25N5O. The molecule has 2 N–H and O–H groups in total. The van der Waals surface area contributed by atoms with Gasteiger partial charge in [0.15, 0.2) is 0 Å². The Balaban J connectivity index is 1.80. The standard InChI is InChI=1S/C15H25N5O/c1-19-9-3-4-11(19)10-20(2)15-17-13-6-8-16-7-5-12(13)14(21)18-15/h11,16H,3-10H2,1-2H3,(H,17,18,21)/t11-/m0/s1. The third-order valence-corrected chi connectivity index (χ3v) is 4.70. The van der Waals surface area contributed by atoms with E-state index in [2.05, 4.69) is 27.1 Å². The molecule has 0 bridgehead atoms. The highest BCUT2D eigenvalue weighted by Crippen LogP contribution is 2.17. The summed E-state index contributed by atoms with van der Waals surface area (Å²) < 4.78 is 0. The number of rotatable bonds is 3. The molecule has 0 spiro atoms. The molecule has 21 heavy (non-hydrogen) atoms. The first-order valence-electron chi connectivity index (χ1n) is 7.89. The van der Waals surface area contributed by atoms with Gasteiger partial charge in [0, 0.05) is 38.2 Å². The van der Waals surface area contributed by atoms with E-state index >= 15 is 0 Å². The predicted octanol–water partition coefficient (Wildman–Crippen LogP) is -0.0115. The molecule has 1 aromatic heterocycles. The average molecular weight is 291 g/mol. The lowest BCUT2D eigenvalue weighted by atomic mass is 10.1. The fraction of sp³-hybridized carbons (Fsp3) is 0.733. The molecule has 3 rings (SSSR count). The van der Waals surface area contributed by atoms with Gasteiger partial charge in [0.05, 0.1) is 5.69 Å². The molecule has 1 saturated heterocycles. The second kappa shape index (κ2) is 6.15. The molecule has 0 radical (unpaired) electrons. The summed E-state index contributed by atoms with van der Waals surface area (Å²) in [5.74, 6) is 0.709. The summed E-state index contributed by atoms with van der Waals surface area (Å²) >= 11 is 0. The molecule has 0 aliphatic carbocycles. The van der Waals surface area contributed by atoms with Crippen LogP contribution < -0.4 is 15.8 Å². The van der Waals surface area contributed by atoms with Gasteiger partial charge in [0.25, 0.3) is 5.56 Å². The van der Waals surface area contributed by atoms with Crippen molar-refractivity contribution in [3.05, 3.63) is 21.6 Å². The molecule has 116 valence electrons. The van der Waals surface area contributed by atoms with Gasteiger partial charge in [-0.1, -0.05) is 0 Å². The number of fused-ring (bicyclic) bond motifs is 1. The average Bonchev–Trinajstić information content (AvgIpc) is 2.73. The van der Waals surface area contributed by atoms with E-state index in [1.807, 2.05) is 7.05 Å². The Bertz CT molecular complexity index is 555. The van der Waals surface area contributed by atoms with E-state index in [1.54, 1.807) is 0 Å². The van der Waals surface area contributed by atoms with E-state index in [1.165, 1.54) is 12.8 Å². The Morgan fingerprint density at radius 3 is 2.95 bits per heavy atom. The number of likely N-dealkylation sites (N-methyl/N-ethyl adjacent to an activating group) is 2. The number of aromatic nitrogens is 2. The molecule has 3 heterocycles. The number of H-pyrrole nitrogens is 1. The monoisotopic (exact) mass is 291 g/mol. The van der Waals surface area contributed by atoms with Crippen LogP contribution in [-0.4, -0.2) is 61.2 Å². The van der Waals surface area contributed by atoms with Gasteiger partial charge < -0.3 is 15.1 Å². The van der Waals surface area contributed by atoms with Crippen molar-refractivity contribution in [2.75, 3.05) is 45.2 Å². The highest BCUT2D eigenvalue weighted by atomic mass is 16.1. The number of likely N-dealkylation sites (tertiary alicyclic amines) is 1. The van der Waals surface area contributed by atoms with Gasteiger partial charge in [-0.2, -0.15) is 0 Å². The summed E-state index contributed by atoms with van der Waals surface area (Å²) in [5.41, 5.74) is 1.85. The van der Waals surface area contributed by atoms with E-state index in [-0.39, 0.29) is 5.56 Å². The Labute approximate surface area is 125 Å². The van der Waals surface area contributed by atoms with Crippen LogP contribution in [0.5, 0.6) is 0 Å². The van der Waals surface area contributed by atoms with Crippen molar-refractivity contribution in [2.24, 2.45) is 0 Å². The van der Waals surface area contributed by atoms with Gasteiger partial charge >= 0.3 is 0 Å². The van der Waals surface area contributed by atoms with Crippen LogP contribution in [0.4, 0.5) is 5.95 Å². The Hall–Kier alpha value is -1.40. The quantitative estimate of drug-likeness (QED) is 0.820. The van der Waals surface area contributed by atoms with Crippen LogP contribution in [0.1, 0.15) is 24.1 Å². The number of anilines is 1. The van der Waals surface area contributed by atoms with Crippen molar-refractivity contribution in [1.82, 2.24) is 20.2 Å². The minimum Gasteiger partial charge on any atom is -0.344 e. The van der Waals surface area contributed by atoms with E-state index in [4.69, 9.17) is 4.98 Å². The van der Waals surface area contributed by atoms with Gasteiger partial charge in [-0.05, 0) is 39.4 Å². The Kier molecular flexibility index (Phi) is 4.26. The van der Waals surface area contributed by atoms with E-state index in [9.17, 15) is 4.79 Å². The van der Waals surface area contributed by atoms with Crippen molar-refractivity contribution >= 4 is 5.95 Å². The minimum absolute atomic E-state index is 0.0327. The smallest absolute Gasteiger partial charge is 0.255 e. The zero-order valence-electron chi connectivity index (χ0n) is 13.0. The normalized spacial score (nSPS) is 22.9. The maximum atomic E-state index is 12.3. The molecule has 6 nitrogen and oxygen atoms in total. The van der Waals surface area contributed by atoms with Crippen LogP contribution in [0.3, 0.4) is 0 Å².